The van der Waals surface area contributed by atoms with Gasteiger partial charge in [-0.2, -0.15) is 0 Å². The number of hydrogen-bond donors (Lipinski definition) is 1. The minimum atomic E-state index is -3.31. The van der Waals surface area contributed by atoms with E-state index in [0.29, 0.717) is 11.6 Å². The first-order valence-corrected chi connectivity index (χ1v) is 9.92. The minimum Gasteiger partial charge on any atom is -0.284 e. The zero-order valence-electron chi connectivity index (χ0n) is 13.8. The average molecular weight is 349 g/mol. The fourth-order valence-electron chi connectivity index (χ4n) is 2.97. The van der Waals surface area contributed by atoms with E-state index in [-0.39, 0.29) is 17.9 Å². The second-order valence-corrected chi connectivity index (χ2v) is 8.30. The molecule has 0 atom stereocenters. The van der Waals surface area contributed by atoms with Crippen LogP contribution < -0.4 is 10.3 Å². The number of rotatable bonds is 7. The van der Waals surface area contributed by atoms with Gasteiger partial charge in [0.2, 0.25) is 10.0 Å². The highest BCUT2D eigenvalue weighted by Gasteiger charge is 2.21. The summed E-state index contributed by atoms with van der Waals surface area (Å²) in [5.41, 5.74) is 1.22. The molecule has 1 fully saturated rings. The summed E-state index contributed by atoms with van der Waals surface area (Å²) >= 11 is 0. The number of hydrogen-bond acceptors (Lipinski definition) is 3. The van der Waals surface area contributed by atoms with Crippen molar-refractivity contribution in [3.63, 3.8) is 0 Å². The molecule has 0 bridgehead atoms. The van der Waals surface area contributed by atoms with Crippen molar-refractivity contribution in [2.24, 2.45) is 13.0 Å². The number of benzene rings is 1. The predicted molar refractivity (Wildman–Crippen MR) is 93.6 cm³/mol. The number of sulfonamides is 1. The summed E-state index contributed by atoms with van der Waals surface area (Å²) in [5.74, 6) is 0.718. The Balaban J connectivity index is 1.68. The molecule has 0 unspecified atom stereocenters. The molecule has 1 aromatic heterocycles. The Morgan fingerprint density at radius 2 is 1.92 bits per heavy atom. The van der Waals surface area contributed by atoms with Crippen molar-refractivity contribution in [2.45, 2.75) is 32.2 Å². The van der Waals surface area contributed by atoms with Crippen LogP contribution in [0.3, 0.4) is 0 Å². The van der Waals surface area contributed by atoms with Crippen molar-refractivity contribution in [3.8, 4) is 5.69 Å². The Labute approximate surface area is 142 Å². The topological polar surface area (TPSA) is 73.1 Å². The summed E-state index contributed by atoms with van der Waals surface area (Å²) in [5, 5.41) is 0. The third kappa shape index (κ3) is 3.79. The van der Waals surface area contributed by atoms with Gasteiger partial charge in [-0.05, 0) is 24.5 Å². The van der Waals surface area contributed by atoms with Gasteiger partial charge in [0.25, 0.3) is 5.56 Å². The van der Waals surface area contributed by atoms with Gasteiger partial charge in [-0.25, -0.2) is 17.8 Å². The largest absolute Gasteiger partial charge is 0.284 e. The monoisotopic (exact) mass is 349 g/mol. The Morgan fingerprint density at radius 3 is 2.54 bits per heavy atom. The van der Waals surface area contributed by atoms with Crippen molar-refractivity contribution in [1.82, 2.24) is 14.1 Å². The van der Waals surface area contributed by atoms with Gasteiger partial charge in [0.05, 0.1) is 23.7 Å². The van der Waals surface area contributed by atoms with Crippen molar-refractivity contribution >= 4 is 10.0 Å². The van der Waals surface area contributed by atoms with Gasteiger partial charge in [-0.3, -0.25) is 9.48 Å². The van der Waals surface area contributed by atoms with E-state index < -0.39 is 10.0 Å². The molecule has 6 nitrogen and oxygen atoms in total. The lowest BCUT2D eigenvalue weighted by molar-refractivity contribution is 0.307. The Kier molecular flexibility index (Phi) is 4.91. The van der Waals surface area contributed by atoms with Crippen LogP contribution in [0.25, 0.3) is 5.69 Å². The third-order valence-electron chi connectivity index (χ3n) is 4.71. The molecular formula is C17H23N3O3S. The highest BCUT2D eigenvalue weighted by Crippen LogP contribution is 2.29. The summed E-state index contributed by atoms with van der Waals surface area (Å²) < 4.78 is 30.1. The van der Waals surface area contributed by atoms with E-state index >= 15 is 0 Å². The number of para-hydroxylation sites is 1. The second-order valence-electron chi connectivity index (χ2n) is 6.37. The summed E-state index contributed by atoms with van der Waals surface area (Å²) in [4.78, 5) is 12.2. The van der Waals surface area contributed by atoms with Crippen LogP contribution in [0, 0.1) is 5.92 Å². The van der Waals surface area contributed by atoms with Gasteiger partial charge < -0.3 is 0 Å². The smallest absolute Gasteiger partial charge is 0.271 e. The lowest BCUT2D eigenvalue weighted by Gasteiger charge is -2.24. The molecule has 1 heterocycles. The Morgan fingerprint density at radius 1 is 1.21 bits per heavy atom. The van der Waals surface area contributed by atoms with Crippen LogP contribution in [-0.4, -0.2) is 23.5 Å². The van der Waals surface area contributed by atoms with Gasteiger partial charge >= 0.3 is 0 Å². The normalized spacial score (nSPS) is 15.4. The van der Waals surface area contributed by atoms with Crippen LogP contribution in [-0.2, 0) is 23.6 Å². The quantitative estimate of drug-likeness (QED) is 0.828. The number of aromatic nitrogens is 2. The van der Waals surface area contributed by atoms with Crippen molar-refractivity contribution in [1.29, 1.82) is 0 Å². The van der Waals surface area contributed by atoms with E-state index in [9.17, 15) is 13.2 Å². The number of nitrogens with one attached hydrogen (secondary N) is 1. The fourth-order valence-corrected chi connectivity index (χ4v) is 4.12. The van der Waals surface area contributed by atoms with Gasteiger partial charge in [-0.1, -0.05) is 37.5 Å². The Hall–Kier alpha value is -1.86. The summed E-state index contributed by atoms with van der Waals surface area (Å²) in [6.07, 6.45) is 4.22. The highest BCUT2D eigenvalue weighted by atomic mass is 32.2. The molecule has 0 aliphatic heterocycles. The van der Waals surface area contributed by atoms with Crippen LogP contribution in [0.1, 0.15) is 31.4 Å². The lowest BCUT2D eigenvalue weighted by atomic mass is 9.84. The highest BCUT2D eigenvalue weighted by molar-refractivity contribution is 7.89. The van der Waals surface area contributed by atoms with E-state index in [2.05, 4.69) is 4.72 Å². The number of nitrogens with zero attached hydrogens (tertiary/aromatic N) is 2. The molecule has 0 saturated heterocycles. The maximum Gasteiger partial charge on any atom is 0.271 e. The van der Waals surface area contributed by atoms with E-state index in [1.807, 2.05) is 30.3 Å². The maximum atomic E-state index is 12.2. The SMILES string of the molecule is Cn1c(CNS(=O)(=O)CCC2CCC2)cc(=O)n1-c1ccccc1. The zero-order chi connectivity index (χ0) is 17.2. The van der Waals surface area contributed by atoms with Crippen LogP contribution in [0.4, 0.5) is 0 Å². The van der Waals surface area contributed by atoms with Crippen molar-refractivity contribution < 1.29 is 8.42 Å². The fraction of sp³-hybridized carbons (Fsp3) is 0.471. The van der Waals surface area contributed by atoms with E-state index in [1.165, 1.54) is 17.2 Å². The van der Waals surface area contributed by atoms with Crippen LogP contribution in [0.5, 0.6) is 0 Å². The maximum absolute atomic E-state index is 12.2. The standard InChI is InChI=1S/C17H23N3O3S/c1-19-16(12-17(21)20(19)15-8-3-2-4-9-15)13-18-24(22,23)11-10-14-6-5-7-14/h2-4,8-9,12,14,18H,5-7,10-11,13H2,1H3. The first kappa shape index (κ1) is 17.0. The molecule has 130 valence electrons. The molecule has 3 rings (SSSR count). The first-order valence-electron chi connectivity index (χ1n) is 8.27. The molecule has 1 N–H and O–H groups in total. The summed E-state index contributed by atoms with van der Waals surface area (Å²) in [6.45, 7) is 0.124. The second kappa shape index (κ2) is 6.94. The lowest BCUT2D eigenvalue weighted by Crippen LogP contribution is -2.29. The van der Waals surface area contributed by atoms with Crippen molar-refractivity contribution in [2.75, 3.05) is 5.75 Å². The third-order valence-corrected chi connectivity index (χ3v) is 6.07. The molecular weight excluding hydrogens is 326 g/mol. The Bertz CT molecular complexity index is 849. The molecule has 1 aliphatic rings. The van der Waals surface area contributed by atoms with Crippen molar-refractivity contribution in [3.05, 3.63) is 52.4 Å². The molecule has 1 saturated carbocycles. The molecule has 2 aromatic rings. The van der Waals surface area contributed by atoms with Gasteiger partial charge in [0.1, 0.15) is 0 Å². The van der Waals surface area contributed by atoms with E-state index in [1.54, 1.807) is 11.7 Å². The minimum absolute atomic E-state index is 0.124. The molecule has 24 heavy (non-hydrogen) atoms. The summed E-state index contributed by atoms with van der Waals surface area (Å²) in [7, 11) is -1.55. The first-order chi connectivity index (χ1) is 11.5. The van der Waals surface area contributed by atoms with Crippen LogP contribution >= 0.6 is 0 Å². The van der Waals surface area contributed by atoms with E-state index in [0.717, 1.165) is 24.9 Å². The summed E-state index contributed by atoms with van der Waals surface area (Å²) in [6, 6.07) is 10.8. The van der Waals surface area contributed by atoms with Gasteiger partial charge in [-0.15, -0.1) is 0 Å². The van der Waals surface area contributed by atoms with Crippen LogP contribution in [0.2, 0.25) is 0 Å². The molecule has 0 radical (unpaired) electrons. The van der Waals surface area contributed by atoms with Crippen LogP contribution in [0.15, 0.2) is 41.2 Å². The van der Waals surface area contributed by atoms with Gasteiger partial charge in [0, 0.05) is 13.1 Å². The molecule has 7 heteroatoms. The molecule has 1 aromatic carbocycles. The molecule has 0 amide bonds. The zero-order valence-corrected chi connectivity index (χ0v) is 14.6. The van der Waals surface area contributed by atoms with E-state index in [4.69, 9.17) is 0 Å². The molecule has 0 spiro atoms. The average Bonchev–Trinajstić information content (AvgIpc) is 2.79. The molecule has 1 aliphatic carbocycles. The predicted octanol–water partition coefficient (Wildman–Crippen LogP) is 1.79. The van der Waals surface area contributed by atoms with Gasteiger partial charge in [0.15, 0.2) is 0 Å².